The first-order chi connectivity index (χ1) is 5.75. The van der Waals surface area contributed by atoms with E-state index in [1.807, 2.05) is 11.4 Å². The second-order valence-corrected chi connectivity index (χ2v) is 5.03. The van der Waals surface area contributed by atoms with Gasteiger partial charge in [-0.15, -0.1) is 11.3 Å². The number of rotatable bonds is 3. The van der Waals surface area contributed by atoms with Crippen LogP contribution in [0.15, 0.2) is 15.9 Å². The van der Waals surface area contributed by atoms with Crippen molar-refractivity contribution in [2.24, 2.45) is 5.92 Å². The summed E-state index contributed by atoms with van der Waals surface area (Å²) in [4.78, 5) is 12.4. The molecule has 1 nitrogen and oxygen atoms in total. The minimum absolute atomic E-state index is 0.313. The molecule has 0 aromatic carbocycles. The molecule has 0 unspecified atom stereocenters. The topological polar surface area (TPSA) is 17.1 Å². The van der Waals surface area contributed by atoms with Gasteiger partial charge in [0, 0.05) is 16.3 Å². The van der Waals surface area contributed by atoms with Crippen molar-refractivity contribution < 1.29 is 4.79 Å². The molecule has 1 saturated carbocycles. The molecule has 0 saturated heterocycles. The number of halogens is 1. The van der Waals surface area contributed by atoms with E-state index in [-0.39, 0.29) is 0 Å². The van der Waals surface area contributed by atoms with Crippen LogP contribution in [0.4, 0.5) is 0 Å². The fourth-order valence-electron chi connectivity index (χ4n) is 1.14. The van der Waals surface area contributed by atoms with Crippen LogP contribution in [-0.2, 0) is 0 Å². The van der Waals surface area contributed by atoms with E-state index in [1.165, 1.54) is 24.2 Å². The first kappa shape index (κ1) is 8.45. The first-order valence-corrected chi connectivity index (χ1v) is 5.70. The van der Waals surface area contributed by atoms with Gasteiger partial charge >= 0.3 is 0 Å². The molecule has 1 heterocycles. The molecule has 1 aliphatic rings. The maximum Gasteiger partial charge on any atom is 0.173 e. The van der Waals surface area contributed by atoms with Crippen LogP contribution in [-0.4, -0.2) is 5.78 Å². The van der Waals surface area contributed by atoms with Crippen molar-refractivity contribution in [1.82, 2.24) is 0 Å². The first-order valence-electron chi connectivity index (χ1n) is 4.03. The normalized spacial score (nSPS) is 16.4. The Bertz CT molecular complexity index is 301. The SMILES string of the molecule is O=C(CC1CC1)c1cc(Br)cs1. The number of hydrogen-bond acceptors (Lipinski definition) is 2. The van der Waals surface area contributed by atoms with Crippen LogP contribution in [0.5, 0.6) is 0 Å². The summed E-state index contributed by atoms with van der Waals surface area (Å²) in [6.45, 7) is 0. The maximum absolute atomic E-state index is 11.5. The molecular formula is C9H9BrOS. The molecule has 2 rings (SSSR count). The quantitative estimate of drug-likeness (QED) is 0.745. The van der Waals surface area contributed by atoms with Gasteiger partial charge in [0.1, 0.15) is 0 Å². The van der Waals surface area contributed by atoms with E-state index in [4.69, 9.17) is 0 Å². The molecule has 1 aliphatic carbocycles. The summed E-state index contributed by atoms with van der Waals surface area (Å²) >= 11 is 4.87. The maximum atomic E-state index is 11.5. The van der Waals surface area contributed by atoms with Gasteiger partial charge in [0.25, 0.3) is 0 Å². The fourth-order valence-corrected chi connectivity index (χ4v) is 2.52. The monoisotopic (exact) mass is 244 g/mol. The van der Waals surface area contributed by atoms with Crippen molar-refractivity contribution in [2.75, 3.05) is 0 Å². The molecule has 1 aromatic heterocycles. The molecule has 1 fully saturated rings. The van der Waals surface area contributed by atoms with Gasteiger partial charge in [-0.25, -0.2) is 0 Å². The lowest BCUT2D eigenvalue weighted by atomic mass is 10.2. The number of carbonyl (C=O) groups is 1. The van der Waals surface area contributed by atoms with Crippen LogP contribution in [0.25, 0.3) is 0 Å². The molecule has 0 aliphatic heterocycles. The van der Waals surface area contributed by atoms with E-state index >= 15 is 0 Å². The van der Waals surface area contributed by atoms with Gasteiger partial charge in [0.05, 0.1) is 4.88 Å². The Morgan fingerprint density at radius 3 is 2.92 bits per heavy atom. The minimum Gasteiger partial charge on any atom is -0.293 e. The summed E-state index contributed by atoms with van der Waals surface area (Å²) in [6, 6.07) is 1.91. The summed E-state index contributed by atoms with van der Waals surface area (Å²) in [5.74, 6) is 1.01. The van der Waals surface area contributed by atoms with Crippen LogP contribution in [0.2, 0.25) is 0 Å². The molecular weight excluding hydrogens is 236 g/mol. The largest absolute Gasteiger partial charge is 0.293 e. The van der Waals surface area contributed by atoms with Crippen molar-refractivity contribution in [3.05, 3.63) is 20.8 Å². The van der Waals surface area contributed by atoms with Crippen molar-refractivity contribution in [3.8, 4) is 0 Å². The van der Waals surface area contributed by atoms with Crippen molar-refractivity contribution in [2.45, 2.75) is 19.3 Å². The predicted molar refractivity (Wildman–Crippen MR) is 53.7 cm³/mol. The predicted octanol–water partition coefficient (Wildman–Crippen LogP) is 3.49. The summed E-state index contributed by atoms with van der Waals surface area (Å²) < 4.78 is 1.02. The van der Waals surface area contributed by atoms with E-state index in [2.05, 4.69) is 15.9 Å². The summed E-state index contributed by atoms with van der Waals surface area (Å²) in [7, 11) is 0. The van der Waals surface area contributed by atoms with Gasteiger partial charge in [-0.05, 0) is 40.8 Å². The smallest absolute Gasteiger partial charge is 0.173 e. The average Bonchev–Trinajstić information content (AvgIpc) is 2.72. The number of thiophene rings is 1. The standard InChI is InChI=1S/C9H9BrOS/c10-7-4-9(12-5-7)8(11)3-6-1-2-6/h4-6H,1-3H2. The number of carbonyl (C=O) groups excluding carboxylic acids is 1. The Hall–Kier alpha value is -0.150. The Balaban J connectivity index is 2.03. The van der Waals surface area contributed by atoms with Crippen molar-refractivity contribution >= 4 is 33.0 Å². The highest BCUT2D eigenvalue weighted by Gasteiger charge is 2.25. The number of hydrogen-bond donors (Lipinski definition) is 0. The summed E-state index contributed by atoms with van der Waals surface area (Å²) in [6.07, 6.45) is 3.25. The molecule has 12 heavy (non-hydrogen) atoms. The molecule has 1 aromatic rings. The Labute approximate surface area is 83.9 Å². The molecule has 0 amide bonds. The van der Waals surface area contributed by atoms with Crippen LogP contribution < -0.4 is 0 Å². The zero-order valence-corrected chi connectivity index (χ0v) is 8.95. The minimum atomic E-state index is 0.313. The Morgan fingerprint density at radius 2 is 2.42 bits per heavy atom. The second-order valence-electron chi connectivity index (χ2n) is 3.20. The number of ketones is 1. The summed E-state index contributed by atoms with van der Waals surface area (Å²) in [5.41, 5.74) is 0. The van der Waals surface area contributed by atoms with E-state index in [0.717, 1.165) is 15.8 Å². The van der Waals surface area contributed by atoms with Crippen molar-refractivity contribution in [3.63, 3.8) is 0 Å². The van der Waals surface area contributed by atoms with Gasteiger partial charge in [0.2, 0.25) is 0 Å². The van der Waals surface area contributed by atoms with E-state index in [9.17, 15) is 4.79 Å². The van der Waals surface area contributed by atoms with Gasteiger partial charge in [-0.1, -0.05) is 0 Å². The molecule has 64 valence electrons. The third-order valence-corrected chi connectivity index (χ3v) is 3.75. The molecule has 0 bridgehead atoms. The van der Waals surface area contributed by atoms with Gasteiger partial charge < -0.3 is 0 Å². The lowest BCUT2D eigenvalue weighted by Crippen LogP contribution is -1.96. The van der Waals surface area contributed by atoms with E-state index in [1.54, 1.807) is 0 Å². The molecule has 0 spiro atoms. The third kappa shape index (κ3) is 1.96. The average molecular weight is 245 g/mol. The molecule has 0 radical (unpaired) electrons. The zero-order chi connectivity index (χ0) is 8.55. The van der Waals surface area contributed by atoms with Gasteiger partial charge in [0.15, 0.2) is 5.78 Å². The summed E-state index contributed by atoms with van der Waals surface area (Å²) in [5, 5.41) is 1.96. The van der Waals surface area contributed by atoms with Crippen LogP contribution in [0.1, 0.15) is 28.9 Å². The van der Waals surface area contributed by atoms with Crippen LogP contribution in [0, 0.1) is 5.92 Å². The molecule has 0 atom stereocenters. The lowest BCUT2D eigenvalue weighted by molar-refractivity contribution is 0.0980. The Morgan fingerprint density at radius 1 is 1.67 bits per heavy atom. The molecule has 0 N–H and O–H groups in total. The van der Waals surface area contributed by atoms with E-state index < -0.39 is 0 Å². The highest BCUT2D eigenvalue weighted by molar-refractivity contribution is 9.10. The van der Waals surface area contributed by atoms with E-state index in [0.29, 0.717) is 11.7 Å². The third-order valence-electron chi connectivity index (χ3n) is 2.01. The van der Waals surface area contributed by atoms with Crippen LogP contribution in [0.3, 0.4) is 0 Å². The van der Waals surface area contributed by atoms with Gasteiger partial charge in [-0.3, -0.25) is 4.79 Å². The Kier molecular flexibility index (Phi) is 2.33. The van der Waals surface area contributed by atoms with Crippen molar-refractivity contribution in [1.29, 1.82) is 0 Å². The van der Waals surface area contributed by atoms with Crippen LogP contribution >= 0.6 is 27.3 Å². The number of Topliss-reactive ketones (excluding diaryl/α,β-unsaturated/α-hetero) is 1. The van der Waals surface area contributed by atoms with Gasteiger partial charge in [-0.2, -0.15) is 0 Å². The fraction of sp³-hybridized carbons (Fsp3) is 0.444. The highest BCUT2D eigenvalue weighted by Crippen LogP contribution is 2.34. The lowest BCUT2D eigenvalue weighted by Gasteiger charge is -1.92. The molecule has 3 heteroatoms. The zero-order valence-electron chi connectivity index (χ0n) is 6.55. The highest BCUT2D eigenvalue weighted by atomic mass is 79.9. The second kappa shape index (κ2) is 3.30.